The Morgan fingerprint density at radius 1 is 0.871 bits per heavy atom. The van der Waals surface area contributed by atoms with Crippen LogP contribution in [0.2, 0.25) is 0 Å². The Labute approximate surface area is 180 Å². The zero-order valence-corrected chi connectivity index (χ0v) is 18.0. The number of phenolic OH excluding ortho intramolecular Hbond substituents is 2. The summed E-state index contributed by atoms with van der Waals surface area (Å²) in [6.07, 6.45) is 1.61. The molecule has 0 fully saturated rings. The fourth-order valence-corrected chi connectivity index (χ4v) is 2.98. The minimum Gasteiger partial charge on any atom is -0.507 e. The highest BCUT2D eigenvalue weighted by atomic mass is 16.3. The van der Waals surface area contributed by atoms with Crippen molar-refractivity contribution in [3.63, 3.8) is 0 Å². The fourth-order valence-electron chi connectivity index (χ4n) is 2.98. The maximum Gasteiger partial charge on any atom is 0.141 e. The maximum absolute atomic E-state index is 10.5. The number of amidine groups is 2. The number of hydrogen-bond acceptors (Lipinski definition) is 6. The number of nitrogens with zero attached hydrogens (tertiary/aromatic N) is 5. The van der Waals surface area contributed by atoms with Crippen LogP contribution in [0, 0.1) is 0 Å². The van der Waals surface area contributed by atoms with Gasteiger partial charge in [0.15, 0.2) is 0 Å². The van der Waals surface area contributed by atoms with Gasteiger partial charge in [0.25, 0.3) is 0 Å². The lowest BCUT2D eigenvalue weighted by atomic mass is 10.1. The predicted molar refractivity (Wildman–Crippen MR) is 122 cm³/mol. The third kappa shape index (κ3) is 5.00. The second-order valence-corrected chi connectivity index (χ2v) is 7.70. The van der Waals surface area contributed by atoms with Crippen molar-refractivity contribution in [1.82, 2.24) is 15.0 Å². The Bertz CT molecular complexity index is 1150. The minimum absolute atomic E-state index is 0.00209. The molecule has 3 aromatic rings. The van der Waals surface area contributed by atoms with E-state index in [4.69, 9.17) is 11.5 Å². The number of rotatable bonds is 6. The summed E-state index contributed by atoms with van der Waals surface area (Å²) in [4.78, 5) is 8.62. The second kappa shape index (κ2) is 8.86. The SMILES string of the molecule is CC(C)N=C(N)c1ccc(-c2cn(-c3cc(C(N)=NC(C)C)ccc3O)nn2)c(O)c1. The average Bonchev–Trinajstić information content (AvgIpc) is 3.16. The van der Waals surface area contributed by atoms with Crippen molar-refractivity contribution in [1.29, 1.82) is 0 Å². The van der Waals surface area contributed by atoms with Crippen LogP contribution in [0.25, 0.3) is 16.9 Å². The van der Waals surface area contributed by atoms with Gasteiger partial charge in [-0.15, -0.1) is 5.10 Å². The summed E-state index contributed by atoms with van der Waals surface area (Å²) in [5.74, 6) is 0.723. The monoisotopic (exact) mass is 421 g/mol. The molecule has 0 atom stereocenters. The molecule has 0 aliphatic carbocycles. The van der Waals surface area contributed by atoms with E-state index in [0.717, 1.165) is 0 Å². The van der Waals surface area contributed by atoms with Crippen LogP contribution >= 0.6 is 0 Å². The van der Waals surface area contributed by atoms with Crippen molar-refractivity contribution in [3.05, 3.63) is 53.7 Å². The van der Waals surface area contributed by atoms with Crippen LogP contribution < -0.4 is 11.5 Å². The number of aromatic nitrogens is 3. The highest BCUT2D eigenvalue weighted by Gasteiger charge is 2.14. The smallest absolute Gasteiger partial charge is 0.141 e. The van der Waals surface area contributed by atoms with E-state index in [0.29, 0.717) is 39.7 Å². The summed E-state index contributed by atoms with van der Waals surface area (Å²) in [5.41, 5.74) is 14.6. The molecule has 0 saturated carbocycles. The van der Waals surface area contributed by atoms with Gasteiger partial charge in [0.2, 0.25) is 0 Å². The molecule has 162 valence electrons. The van der Waals surface area contributed by atoms with Crippen molar-refractivity contribution >= 4 is 11.7 Å². The van der Waals surface area contributed by atoms with Crippen molar-refractivity contribution < 1.29 is 10.2 Å². The van der Waals surface area contributed by atoms with Gasteiger partial charge in [0.1, 0.15) is 34.6 Å². The summed E-state index contributed by atoms with van der Waals surface area (Å²) in [6.45, 7) is 7.70. The van der Waals surface area contributed by atoms with Crippen LogP contribution in [0.5, 0.6) is 11.5 Å². The number of phenols is 2. The zero-order valence-electron chi connectivity index (χ0n) is 18.0. The summed E-state index contributed by atoms with van der Waals surface area (Å²) in [5, 5.41) is 29.0. The molecule has 0 aliphatic rings. The number of nitrogens with two attached hydrogens (primary N) is 2. The van der Waals surface area contributed by atoms with E-state index < -0.39 is 0 Å². The predicted octanol–water partition coefficient (Wildman–Crippen LogP) is 2.57. The summed E-state index contributed by atoms with van der Waals surface area (Å²) in [6, 6.07) is 9.98. The lowest BCUT2D eigenvalue weighted by Gasteiger charge is -2.08. The lowest BCUT2D eigenvalue weighted by Crippen LogP contribution is -2.16. The molecule has 1 heterocycles. The highest BCUT2D eigenvalue weighted by molar-refractivity contribution is 5.99. The molecule has 9 nitrogen and oxygen atoms in total. The van der Waals surface area contributed by atoms with E-state index in [2.05, 4.69) is 20.3 Å². The van der Waals surface area contributed by atoms with Gasteiger partial charge in [-0.2, -0.15) is 0 Å². The molecule has 0 spiro atoms. The topological polar surface area (TPSA) is 148 Å². The molecular formula is C22H27N7O2. The van der Waals surface area contributed by atoms with Crippen LogP contribution in [0.1, 0.15) is 38.8 Å². The van der Waals surface area contributed by atoms with E-state index in [-0.39, 0.29) is 23.6 Å². The zero-order chi connectivity index (χ0) is 22.7. The first kappa shape index (κ1) is 21.8. The molecule has 0 aliphatic heterocycles. The molecule has 0 amide bonds. The van der Waals surface area contributed by atoms with Gasteiger partial charge in [-0.3, -0.25) is 9.98 Å². The van der Waals surface area contributed by atoms with E-state index >= 15 is 0 Å². The Balaban J connectivity index is 1.96. The number of aromatic hydroxyl groups is 2. The van der Waals surface area contributed by atoms with Crippen molar-refractivity contribution in [3.8, 4) is 28.4 Å². The summed E-state index contributed by atoms with van der Waals surface area (Å²) < 4.78 is 1.42. The Morgan fingerprint density at radius 2 is 1.45 bits per heavy atom. The van der Waals surface area contributed by atoms with E-state index in [1.807, 2.05) is 27.7 Å². The molecule has 1 aromatic heterocycles. The van der Waals surface area contributed by atoms with Crippen molar-refractivity contribution in [2.75, 3.05) is 0 Å². The maximum atomic E-state index is 10.5. The van der Waals surface area contributed by atoms with Gasteiger partial charge in [0.05, 0.1) is 6.20 Å². The molecule has 0 saturated heterocycles. The Kier molecular flexibility index (Phi) is 6.24. The van der Waals surface area contributed by atoms with Gasteiger partial charge in [-0.05, 0) is 58.0 Å². The fraction of sp³-hybridized carbons (Fsp3) is 0.273. The molecule has 6 N–H and O–H groups in total. The van der Waals surface area contributed by atoms with Gasteiger partial charge in [-0.25, -0.2) is 4.68 Å². The standard InChI is InChI=1S/C22H27N7O2/c1-12(2)25-21(23)14-6-8-19(30)18(9-14)29-11-17(27-28-29)16-7-5-15(10-20(16)31)22(24)26-13(3)4/h5-13,30-31H,1-4H3,(H2,23,25)(H2,24,26). The first-order valence-electron chi connectivity index (χ1n) is 9.92. The van der Waals surface area contributed by atoms with Crippen LogP contribution in [-0.4, -0.2) is 49.0 Å². The Morgan fingerprint density at radius 3 is 2.03 bits per heavy atom. The average molecular weight is 422 g/mol. The van der Waals surface area contributed by atoms with Crippen molar-refractivity contribution in [2.24, 2.45) is 21.5 Å². The van der Waals surface area contributed by atoms with E-state index in [1.54, 1.807) is 30.5 Å². The third-order valence-electron chi connectivity index (χ3n) is 4.38. The van der Waals surface area contributed by atoms with Gasteiger partial charge < -0.3 is 21.7 Å². The first-order chi connectivity index (χ1) is 14.7. The van der Waals surface area contributed by atoms with Crippen LogP contribution in [0.15, 0.2) is 52.6 Å². The second-order valence-electron chi connectivity index (χ2n) is 7.70. The third-order valence-corrected chi connectivity index (χ3v) is 4.38. The molecule has 0 bridgehead atoms. The van der Waals surface area contributed by atoms with Crippen LogP contribution in [0.3, 0.4) is 0 Å². The highest BCUT2D eigenvalue weighted by Crippen LogP contribution is 2.30. The first-order valence-corrected chi connectivity index (χ1v) is 9.92. The van der Waals surface area contributed by atoms with Crippen LogP contribution in [-0.2, 0) is 0 Å². The van der Waals surface area contributed by atoms with E-state index in [9.17, 15) is 10.2 Å². The summed E-state index contributed by atoms with van der Waals surface area (Å²) >= 11 is 0. The molecule has 0 radical (unpaired) electrons. The quantitative estimate of drug-likeness (QED) is 0.355. The van der Waals surface area contributed by atoms with Crippen molar-refractivity contribution in [2.45, 2.75) is 39.8 Å². The van der Waals surface area contributed by atoms with Gasteiger partial charge in [0, 0.05) is 28.8 Å². The number of aliphatic imine (C=N–C) groups is 2. The molecule has 2 aromatic carbocycles. The largest absolute Gasteiger partial charge is 0.507 e. The molecule has 3 rings (SSSR count). The van der Waals surface area contributed by atoms with Gasteiger partial charge in [-0.1, -0.05) is 11.3 Å². The van der Waals surface area contributed by atoms with Crippen LogP contribution in [0.4, 0.5) is 0 Å². The number of hydrogen-bond donors (Lipinski definition) is 4. The normalized spacial score (nSPS) is 12.7. The van der Waals surface area contributed by atoms with E-state index in [1.165, 1.54) is 16.8 Å². The molecule has 0 unspecified atom stereocenters. The van der Waals surface area contributed by atoms with Gasteiger partial charge >= 0.3 is 0 Å². The minimum atomic E-state index is -0.00209. The molecule has 9 heteroatoms. The lowest BCUT2D eigenvalue weighted by molar-refractivity contribution is 0.469. The number of benzene rings is 2. The summed E-state index contributed by atoms with van der Waals surface area (Å²) in [7, 11) is 0. The Hall–Kier alpha value is -3.88. The molecular weight excluding hydrogens is 394 g/mol. The molecule has 31 heavy (non-hydrogen) atoms.